The van der Waals surface area contributed by atoms with Crippen LogP contribution in [0.1, 0.15) is 67.5 Å². The Morgan fingerprint density at radius 1 is 1.35 bits per heavy atom. The maximum Gasteiger partial charge on any atom is 0.226 e. The first-order chi connectivity index (χ1) is 19.4. The van der Waals surface area contributed by atoms with Crippen LogP contribution in [-0.2, 0) is 17.6 Å². The summed E-state index contributed by atoms with van der Waals surface area (Å²) in [4.78, 5) is 26.9. The fraction of sp³-hybridized carbons (Fsp3) is 0.484. The van der Waals surface area contributed by atoms with Crippen molar-refractivity contribution in [3.05, 3.63) is 46.6 Å². The molecule has 1 fully saturated rings. The van der Waals surface area contributed by atoms with Crippen molar-refractivity contribution in [2.45, 2.75) is 64.8 Å². The molecule has 40 heavy (non-hydrogen) atoms. The van der Waals surface area contributed by atoms with Crippen molar-refractivity contribution in [1.29, 1.82) is 5.26 Å². The van der Waals surface area contributed by atoms with E-state index in [0.717, 1.165) is 71.7 Å². The van der Waals surface area contributed by atoms with Gasteiger partial charge in [-0.3, -0.25) is 10.1 Å². The zero-order valence-electron chi connectivity index (χ0n) is 23.6. The van der Waals surface area contributed by atoms with Gasteiger partial charge in [0, 0.05) is 29.9 Å². The first-order valence-corrected chi connectivity index (χ1v) is 15.1. The molecule has 0 radical (unpaired) electrons. The van der Waals surface area contributed by atoms with Crippen molar-refractivity contribution in [3.8, 4) is 11.8 Å². The zero-order valence-corrected chi connectivity index (χ0v) is 24.4. The summed E-state index contributed by atoms with van der Waals surface area (Å²) < 4.78 is 6.03. The van der Waals surface area contributed by atoms with E-state index in [0.29, 0.717) is 25.6 Å². The summed E-state index contributed by atoms with van der Waals surface area (Å²) >= 11 is 1.67. The van der Waals surface area contributed by atoms with Gasteiger partial charge in [0.1, 0.15) is 22.7 Å². The number of rotatable bonds is 9. The minimum atomic E-state index is -0.0251. The highest BCUT2D eigenvalue weighted by atomic mass is 32.1. The van der Waals surface area contributed by atoms with Gasteiger partial charge < -0.3 is 15.0 Å². The predicted octanol–water partition coefficient (Wildman–Crippen LogP) is 5.81. The molecule has 8 nitrogen and oxygen atoms in total. The normalized spacial score (nSPS) is 18.8. The number of benzene rings is 1. The molecule has 5 rings (SSSR count). The largest absolute Gasteiger partial charge is 0.492 e. The summed E-state index contributed by atoms with van der Waals surface area (Å²) in [6, 6.07) is 6.54. The average Bonchev–Trinajstić information content (AvgIpc) is 3.35. The maximum absolute atomic E-state index is 13.5. The number of hydrogen-bond donors (Lipinski definition) is 2. The van der Waals surface area contributed by atoms with Crippen LogP contribution < -0.4 is 15.4 Å². The van der Waals surface area contributed by atoms with Crippen LogP contribution in [0, 0.1) is 17.2 Å². The van der Waals surface area contributed by atoms with Crippen LogP contribution in [0.2, 0.25) is 0 Å². The summed E-state index contributed by atoms with van der Waals surface area (Å²) in [6.07, 6.45) is 7.83. The van der Waals surface area contributed by atoms with E-state index >= 15 is 0 Å². The molecule has 2 aromatic heterocycles. The molecule has 2 unspecified atom stereocenters. The number of thiophene rings is 1. The van der Waals surface area contributed by atoms with Crippen molar-refractivity contribution in [1.82, 2.24) is 20.2 Å². The van der Waals surface area contributed by atoms with Crippen molar-refractivity contribution >= 4 is 45.0 Å². The number of piperidine rings is 1. The second-order valence-electron chi connectivity index (χ2n) is 10.9. The quantitative estimate of drug-likeness (QED) is 0.320. The maximum atomic E-state index is 13.5. The molecule has 2 atom stereocenters. The van der Waals surface area contributed by atoms with Gasteiger partial charge in [0.25, 0.3) is 0 Å². The summed E-state index contributed by atoms with van der Waals surface area (Å²) in [5.41, 5.74) is 4.37. The van der Waals surface area contributed by atoms with Crippen LogP contribution >= 0.6 is 11.3 Å². The minimum Gasteiger partial charge on any atom is -0.492 e. The Bertz CT molecular complexity index is 1440. The molecule has 0 bridgehead atoms. The third-order valence-electron chi connectivity index (χ3n) is 7.98. The highest BCUT2D eigenvalue weighted by Crippen LogP contribution is 2.42. The number of anilines is 2. The van der Waals surface area contributed by atoms with Crippen LogP contribution in [0.5, 0.6) is 5.75 Å². The number of amides is 1. The van der Waals surface area contributed by atoms with Crippen LogP contribution in [0.15, 0.2) is 25.0 Å². The fourth-order valence-corrected chi connectivity index (χ4v) is 7.26. The number of fused-ring (bicyclic) bond motifs is 3. The Kier molecular flexibility index (Phi) is 8.67. The number of ether oxygens (including phenoxy) is 1. The lowest BCUT2D eigenvalue weighted by molar-refractivity contribution is -0.137. The molecule has 1 aliphatic carbocycles. The van der Waals surface area contributed by atoms with Crippen molar-refractivity contribution in [2.24, 2.45) is 5.92 Å². The number of likely N-dealkylation sites (tertiary alicyclic amines) is 1. The van der Waals surface area contributed by atoms with Gasteiger partial charge in [-0.15, -0.1) is 11.3 Å². The SMILES string of the molecule is C=Cc1cc(Nc2ncnc3sc4c(c23)CCC(C(=O)N2CCCC(NCC#N)C2)C4)c(OCC)cc1C(C)C. The summed E-state index contributed by atoms with van der Waals surface area (Å²) in [5.74, 6) is 2.11. The summed E-state index contributed by atoms with van der Waals surface area (Å²) in [7, 11) is 0. The Morgan fingerprint density at radius 2 is 2.20 bits per heavy atom. The summed E-state index contributed by atoms with van der Waals surface area (Å²) in [5, 5.41) is 16.8. The van der Waals surface area contributed by atoms with Crippen LogP contribution in [0.3, 0.4) is 0 Å². The molecule has 9 heteroatoms. The van der Waals surface area contributed by atoms with E-state index < -0.39 is 0 Å². The van der Waals surface area contributed by atoms with Crippen LogP contribution in [-0.4, -0.2) is 53.1 Å². The van der Waals surface area contributed by atoms with Crippen molar-refractivity contribution < 1.29 is 9.53 Å². The monoisotopic (exact) mass is 558 g/mol. The lowest BCUT2D eigenvalue weighted by Gasteiger charge is -2.36. The first-order valence-electron chi connectivity index (χ1n) is 14.3. The van der Waals surface area contributed by atoms with Gasteiger partial charge in [0.05, 0.1) is 30.3 Å². The van der Waals surface area contributed by atoms with Crippen molar-refractivity contribution in [3.63, 3.8) is 0 Å². The first kappa shape index (κ1) is 28.1. The van der Waals surface area contributed by atoms with E-state index in [1.165, 1.54) is 16.0 Å². The lowest BCUT2D eigenvalue weighted by atomic mass is 9.86. The number of carbonyl (C=O) groups excluding carboxylic acids is 1. The molecule has 0 spiro atoms. The third kappa shape index (κ3) is 5.70. The number of carbonyl (C=O) groups is 1. The van der Waals surface area contributed by atoms with Crippen LogP contribution in [0.25, 0.3) is 16.3 Å². The molecule has 2 aliphatic rings. The van der Waals surface area contributed by atoms with Gasteiger partial charge >= 0.3 is 0 Å². The lowest BCUT2D eigenvalue weighted by Crippen LogP contribution is -2.50. The van der Waals surface area contributed by atoms with Crippen LogP contribution in [0.4, 0.5) is 11.5 Å². The third-order valence-corrected chi connectivity index (χ3v) is 9.14. The van der Waals surface area contributed by atoms with Crippen molar-refractivity contribution in [2.75, 3.05) is 31.6 Å². The van der Waals surface area contributed by atoms with E-state index in [-0.39, 0.29) is 17.9 Å². The van der Waals surface area contributed by atoms with Gasteiger partial charge in [-0.25, -0.2) is 9.97 Å². The Labute approximate surface area is 240 Å². The minimum absolute atomic E-state index is 0.0251. The zero-order chi connectivity index (χ0) is 28.2. The molecule has 1 amide bonds. The smallest absolute Gasteiger partial charge is 0.226 e. The second kappa shape index (κ2) is 12.4. The molecule has 1 aliphatic heterocycles. The van der Waals surface area contributed by atoms with Gasteiger partial charge in [-0.2, -0.15) is 5.26 Å². The number of aryl methyl sites for hydroxylation is 1. The molecule has 3 aromatic rings. The van der Waals surface area contributed by atoms with Gasteiger partial charge in [-0.1, -0.05) is 26.5 Å². The number of nitrogens with one attached hydrogen (secondary N) is 2. The Hall–Kier alpha value is -3.48. The molecular weight excluding hydrogens is 520 g/mol. The Balaban J connectivity index is 1.40. The number of nitrogens with zero attached hydrogens (tertiary/aromatic N) is 4. The van der Waals surface area contributed by atoms with E-state index in [1.54, 1.807) is 17.7 Å². The molecule has 0 saturated carbocycles. The average molecular weight is 559 g/mol. The highest BCUT2D eigenvalue weighted by Gasteiger charge is 2.33. The molecule has 1 aromatic carbocycles. The second-order valence-corrected chi connectivity index (χ2v) is 12.0. The number of aromatic nitrogens is 2. The number of nitriles is 1. The number of hydrogen-bond acceptors (Lipinski definition) is 8. The Morgan fingerprint density at radius 3 is 2.95 bits per heavy atom. The molecule has 1 saturated heterocycles. The topological polar surface area (TPSA) is 103 Å². The molecule has 2 N–H and O–H groups in total. The van der Waals surface area contributed by atoms with E-state index in [1.807, 2.05) is 17.9 Å². The standard InChI is InChI=1S/C31H38N6O2S/c1-5-20-14-25(26(39-6-2)16-24(20)19(3)4)36-29-28-23-10-9-21(15-27(23)40-30(28)35-18-34-29)31(38)37-13-7-8-22(17-37)33-12-11-32/h5,14,16,18-19,21-22,33H,1,6-10,12-13,15,17H2,2-4H3,(H,34,35,36). The van der Waals surface area contributed by atoms with E-state index in [9.17, 15) is 4.79 Å². The predicted molar refractivity (Wildman–Crippen MR) is 161 cm³/mol. The summed E-state index contributed by atoms with van der Waals surface area (Å²) in [6.45, 7) is 12.7. The van der Waals surface area contributed by atoms with E-state index in [2.05, 4.69) is 59.2 Å². The van der Waals surface area contributed by atoms with Gasteiger partial charge in [0.15, 0.2) is 0 Å². The van der Waals surface area contributed by atoms with E-state index in [4.69, 9.17) is 10.00 Å². The van der Waals surface area contributed by atoms with Gasteiger partial charge in [0.2, 0.25) is 5.91 Å². The molecule has 210 valence electrons. The highest BCUT2D eigenvalue weighted by molar-refractivity contribution is 7.19. The van der Waals surface area contributed by atoms with Gasteiger partial charge in [-0.05, 0) is 73.8 Å². The molecule has 3 heterocycles. The fourth-order valence-electron chi connectivity index (χ4n) is 6.00. The molecular formula is C31H38N6O2S.